The number of hydrogen-bond acceptors (Lipinski definition) is 2. The lowest BCUT2D eigenvalue weighted by Crippen LogP contribution is -2.34. The van der Waals surface area contributed by atoms with Gasteiger partial charge in [0.1, 0.15) is 5.75 Å². The Morgan fingerprint density at radius 2 is 1.91 bits per heavy atom. The predicted molar refractivity (Wildman–Crippen MR) is 96.4 cm³/mol. The molecule has 0 spiro atoms. The lowest BCUT2D eigenvalue weighted by Gasteiger charge is -2.25. The predicted octanol–water partition coefficient (Wildman–Crippen LogP) is 4.30. The molecular formula is C18H22N2OS. The van der Waals surface area contributed by atoms with Crippen LogP contribution in [0.1, 0.15) is 18.9 Å². The first-order valence-corrected chi connectivity index (χ1v) is 7.87. The van der Waals surface area contributed by atoms with E-state index in [2.05, 4.69) is 41.4 Å². The maximum atomic E-state index is 5.58. The largest absolute Gasteiger partial charge is 0.497 e. The Kier molecular flexibility index (Phi) is 6.22. The Morgan fingerprint density at radius 3 is 2.59 bits per heavy atom. The minimum Gasteiger partial charge on any atom is -0.497 e. The van der Waals surface area contributed by atoms with Crippen LogP contribution in [0.2, 0.25) is 0 Å². The molecule has 2 aromatic rings. The fraction of sp³-hybridized carbons (Fsp3) is 0.278. The Balaban J connectivity index is 2.05. The third-order valence-corrected chi connectivity index (χ3v) is 3.68. The molecule has 0 bridgehead atoms. The van der Waals surface area contributed by atoms with Crippen LogP contribution in [0.4, 0.5) is 5.69 Å². The molecule has 0 aliphatic carbocycles. The highest BCUT2D eigenvalue weighted by Crippen LogP contribution is 2.17. The van der Waals surface area contributed by atoms with Gasteiger partial charge in [0.2, 0.25) is 0 Å². The lowest BCUT2D eigenvalue weighted by atomic mass is 10.2. The summed E-state index contributed by atoms with van der Waals surface area (Å²) in [4.78, 5) is 2.18. The van der Waals surface area contributed by atoms with Gasteiger partial charge >= 0.3 is 0 Å². The molecule has 0 fully saturated rings. The van der Waals surface area contributed by atoms with Crippen molar-refractivity contribution >= 4 is 23.0 Å². The summed E-state index contributed by atoms with van der Waals surface area (Å²) < 4.78 is 5.24. The van der Waals surface area contributed by atoms with E-state index >= 15 is 0 Å². The Bertz CT molecular complexity index is 601. The summed E-state index contributed by atoms with van der Waals surface area (Å²) in [7, 11) is 1.66. The van der Waals surface area contributed by atoms with Crippen molar-refractivity contribution in [1.82, 2.24) is 4.90 Å². The van der Waals surface area contributed by atoms with Gasteiger partial charge in [0.15, 0.2) is 5.11 Å². The zero-order valence-corrected chi connectivity index (χ0v) is 13.9. The van der Waals surface area contributed by atoms with Gasteiger partial charge in [-0.1, -0.05) is 43.3 Å². The zero-order chi connectivity index (χ0) is 15.8. The fourth-order valence-electron chi connectivity index (χ4n) is 2.23. The third kappa shape index (κ3) is 4.74. The Morgan fingerprint density at radius 1 is 1.14 bits per heavy atom. The quantitative estimate of drug-likeness (QED) is 0.803. The Hall–Kier alpha value is -2.07. The lowest BCUT2D eigenvalue weighted by molar-refractivity contribution is 0.414. The molecule has 1 N–H and O–H groups in total. The van der Waals surface area contributed by atoms with Crippen LogP contribution in [0.5, 0.6) is 5.75 Å². The van der Waals surface area contributed by atoms with Crippen LogP contribution in [0.15, 0.2) is 54.6 Å². The molecule has 0 radical (unpaired) electrons. The molecule has 2 rings (SSSR count). The normalized spacial score (nSPS) is 10.1. The topological polar surface area (TPSA) is 24.5 Å². The van der Waals surface area contributed by atoms with Crippen LogP contribution in [-0.4, -0.2) is 23.7 Å². The van der Waals surface area contributed by atoms with E-state index in [-0.39, 0.29) is 0 Å². The van der Waals surface area contributed by atoms with E-state index in [0.717, 1.165) is 36.1 Å². The number of nitrogens with one attached hydrogen (secondary N) is 1. The number of ether oxygens (including phenoxy) is 1. The van der Waals surface area contributed by atoms with Gasteiger partial charge < -0.3 is 15.0 Å². The van der Waals surface area contributed by atoms with E-state index in [1.165, 1.54) is 5.56 Å². The molecule has 0 amide bonds. The summed E-state index contributed by atoms with van der Waals surface area (Å²) in [6.07, 6.45) is 1.05. The number of nitrogens with zero attached hydrogens (tertiary/aromatic N) is 1. The van der Waals surface area contributed by atoms with Gasteiger partial charge in [-0.25, -0.2) is 0 Å². The average molecular weight is 314 g/mol. The van der Waals surface area contributed by atoms with E-state index < -0.39 is 0 Å². The van der Waals surface area contributed by atoms with Crippen LogP contribution in [0.3, 0.4) is 0 Å². The molecule has 0 aliphatic heterocycles. The summed E-state index contributed by atoms with van der Waals surface area (Å²) in [6, 6.07) is 18.2. The van der Waals surface area contributed by atoms with Crippen molar-refractivity contribution in [3.8, 4) is 5.75 Å². The van der Waals surface area contributed by atoms with Gasteiger partial charge in [0.05, 0.1) is 7.11 Å². The second-order valence-electron chi connectivity index (χ2n) is 5.07. The molecule has 0 aromatic heterocycles. The van der Waals surface area contributed by atoms with Crippen LogP contribution in [0.25, 0.3) is 0 Å². The number of hydrogen-bond donors (Lipinski definition) is 1. The standard InChI is InChI=1S/C18H22N2OS/c1-3-12-20(14-15-8-5-4-6-9-15)18(22)19-16-10-7-11-17(13-16)21-2/h4-11,13H,3,12,14H2,1-2H3,(H,19,22). The molecule has 0 unspecified atom stereocenters. The maximum absolute atomic E-state index is 5.58. The van der Waals surface area contributed by atoms with Crippen LogP contribution < -0.4 is 10.1 Å². The van der Waals surface area contributed by atoms with E-state index in [0.29, 0.717) is 0 Å². The molecule has 0 aliphatic rings. The average Bonchev–Trinajstić information content (AvgIpc) is 2.55. The van der Waals surface area contributed by atoms with E-state index in [9.17, 15) is 0 Å². The van der Waals surface area contributed by atoms with Crippen LogP contribution in [-0.2, 0) is 6.54 Å². The zero-order valence-electron chi connectivity index (χ0n) is 13.1. The summed E-state index contributed by atoms with van der Waals surface area (Å²) in [6.45, 7) is 3.89. The van der Waals surface area contributed by atoms with Crippen molar-refractivity contribution in [2.24, 2.45) is 0 Å². The van der Waals surface area contributed by atoms with E-state index in [4.69, 9.17) is 17.0 Å². The Labute approximate surface area is 137 Å². The molecule has 2 aromatic carbocycles. The van der Waals surface area contributed by atoms with Gasteiger partial charge in [-0.15, -0.1) is 0 Å². The minimum atomic E-state index is 0.735. The molecule has 22 heavy (non-hydrogen) atoms. The third-order valence-electron chi connectivity index (χ3n) is 3.32. The van der Waals surface area contributed by atoms with Crippen molar-refractivity contribution in [2.45, 2.75) is 19.9 Å². The molecule has 0 saturated carbocycles. The summed E-state index contributed by atoms with van der Waals surface area (Å²) in [5.74, 6) is 0.818. The van der Waals surface area contributed by atoms with Crippen molar-refractivity contribution in [2.75, 3.05) is 19.0 Å². The molecule has 0 heterocycles. The monoisotopic (exact) mass is 314 g/mol. The first-order valence-electron chi connectivity index (χ1n) is 7.47. The molecule has 4 heteroatoms. The van der Waals surface area contributed by atoms with Crippen molar-refractivity contribution in [3.63, 3.8) is 0 Å². The number of benzene rings is 2. The highest BCUT2D eigenvalue weighted by atomic mass is 32.1. The first kappa shape index (κ1) is 16.3. The number of thiocarbonyl (C=S) groups is 1. The SMILES string of the molecule is CCCN(Cc1ccccc1)C(=S)Nc1cccc(OC)c1. The van der Waals surface area contributed by atoms with Gasteiger partial charge in [0, 0.05) is 24.8 Å². The smallest absolute Gasteiger partial charge is 0.173 e. The van der Waals surface area contributed by atoms with E-state index in [1.807, 2.05) is 30.3 Å². The summed E-state index contributed by atoms with van der Waals surface area (Å²) >= 11 is 5.58. The number of methoxy groups -OCH3 is 1. The second-order valence-corrected chi connectivity index (χ2v) is 5.46. The number of anilines is 1. The first-order chi connectivity index (χ1) is 10.7. The van der Waals surface area contributed by atoms with Gasteiger partial charge in [-0.3, -0.25) is 0 Å². The minimum absolute atomic E-state index is 0.735. The summed E-state index contributed by atoms with van der Waals surface area (Å²) in [5.41, 5.74) is 2.20. The molecule has 0 saturated heterocycles. The van der Waals surface area contributed by atoms with Gasteiger partial charge in [0.25, 0.3) is 0 Å². The number of rotatable bonds is 6. The van der Waals surface area contributed by atoms with Gasteiger partial charge in [-0.2, -0.15) is 0 Å². The van der Waals surface area contributed by atoms with Gasteiger partial charge in [-0.05, 0) is 36.3 Å². The van der Waals surface area contributed by atoms with Crippen molar-refractivity contribution in [1.29, 1.82) is 0 Å². The summed E-state index contributed by atoms with van der Waals surface area (Å²) in [5, 5.41) is 4.03. The van der Waals surface area contributed by atoms with Crippen molar-refractivity contribution in [3.05, 3.63) is 60.2 Å². The highest BCUT2D eigenvalue weighted by Gasteiger charge is 2.10. The molecular weight excluding hydrogens is 292 g/mol. The van der Waals surface area contributed by atoms with Crippen LogP contribution in [0, 0.1) is 0 Å². The molecule has 3 nitrogen and oxygen atoms in total. The molecule has 0 atom stereocenters. The highest BCUT2D eigenvalue weighted by molar-refractivity contribution is 7.80. The van der Waals surface area contributed by atoms with Crippen molar-refractivity contribution < 1.29 is 4.74 Å². The fourth-order valence-corrected chi connectivity index (χ4v) is 2.50. The molecule has 116 valence electrons. The van der Waals surface area contributed by atoms with Crippen LogP contribution >= 0.6 is 12.2 Å². The van der Waals surface area contributed by atoms with E-state index in [1.54, 1.807) is 7.11 Å². The second kappa shape index (κ2) is 8.39. The maximum Gasteiger partial charge on any atom is 0.173 e.